The number of halogens is 2. The van der Waals surface area contributed by atoms with Gasteiger partial charge in [0.2, 0.25) is 0 Å². The van der Waals surface area contributed by atoms with Gasteiger partial charge in [-0.15, -0.1) is 0 Å². The first-order valence-corrected chi connectivity index (χ1v) is 6.30. The fourth-order valence-corrected chi connectivity index (χ4v) is 1.94. The summed E-state index contributed by atoms with van der Waals surface area (Å²) < 4.78 is 31.5. The molecule has 1 fully saturated rings. The third-order valence-electron chi connectivity index (χ3n) is 3.33. The Morgan fingerprint density at radius 2 is 2.16 bits per heavy atom. The standard InChI is InChI=1S/C14H17F2NO2/c1-9(19-2)14(18)17(12-5-6-12)8-10-3-4-11(15)7-13(10)16/h3-4,7,9,12H,5-6,8H2,1-2H3. The summed E-state index contributed by atoms with van der Waals surface area (Å²) in [4.78, 5) is 13.8. The van der Waals surface area contributed by atoms with E-state index in [1.54, 1.807) is 11.8 Å². The number of hydrogen-bond acceptors (Lipinski definition) is 2. The van der Waals surface area contributed by atoms with E-state index in [1.165, 1.54) is 19.2 Å². The van der Waals surface area contributed by atoms with Crippen molar-refractivity contribution in [2.24, 2.45) is 0 Å². The van der Waals surface area contributed by atoms with Gasteiger partial charge in [-0.25, -0.2) is 8.78 Å². The lowest BCUT2D eigenvalue weighted by atomic mass is 10.1. The summed E-state index contributed by atoms with van der Waals surface area (Å²) in [6.45, 7) is 1.82. The van der Waals surface area contributed by atoms with E-state index in [0.29, 0.717) is 5.56 Å². The summed E-state index contributed by atoms with van der Waals surface area (Å²) in [5, 5.41) is 0. The molecule has 104 valence electrons. The van der Waals surface area contributed by atoms with Gasteiger partial charge in [0.25, 0.3) is 5.91 Å². The molecule has 1 aliphatic rings. The lowest BCUT2D eigenvalue weighted by Gasteiger charge is -2.25. The Hall–Kier alpha value is -1.49. The molecule has 0 spiro atoms. The van der Waals surface area contributed by atoms with E-state index in [-0.39, 0.29) is 18.5 Å². The smallest absolute Gasteiger partial charge is 0.251 e. The highest BCUT2D eigenvalue weighted by atomic mass is 19.1. The summed E-state index contributed by atoms with van der Waals surface area (Å²) in [6.07, 6.45) is 1.29. The predicted octanol–water partition coefficient (Wildman–Crippen LogP) is 2.49. The van der Waals surface area contributed by atoms with Crippen molar-refractivity contribution >= 4 is 5.91 Å². The second-order valence-electron chi connectivity index (χ2n) is 4.81. The highest BCUT2D eigenvalue weighted by Crippen LogP contribution is 2.29. The zero-order valence-corrected chi connectivity index (χ0v) is 11.0. The van der Waals surface area contributed by atoms with Gasteiger partial charge in [0, 0.05) is 31.3 Å². The van der Waals surface area contributed by atoms with Crippen LogP contribution in [0.1, 0.15) is 25.3 Å². The summed E-state index contributed by atoms with van der Waals surface area (Å²) in [6, 6.07) is 3.57. The first-order valence-electron chi connectivity index (χ1n) is 6.30. The van der Waals surface area contributed by atoms with Gasteiger partial charge in [0.1, 0.15) is 17.7 Å². The van der Waals surface area contributed by atoms with Crippen LogP contribution in [-0.2, 0) is 16.1 Å². The number of carbonyl (C=O) groups excluding carboxylic acids is 1. The van der Waals surface area contributed by atoms with E-state index < -0.39 is 17.7 Å². The Kier molecular flexibility index (Phi) is 4.14. The number of ether oxygens (including phenoxy) is 1. The van der Waals surface area contributed by atoms with Crippen LogP contribution in [0.5, 0.6) is 0 Å². The van der Waals surface area contributed by atoms with Gasteiger partial charge in [0.05, 0.1) is 0 Å². The number of carbonyl (C=O) groups is 1. The molecule has 1 unspecified atom stereocenters. The lowest BCUT2D eigenvalue weighted by molar-refractivity contribution is -0.142. The fraction of sp³-hybridized carbons (Fsp3) is 0.500. The van der Waals surface area contributed by atoms with Crippen LogP contribution in [0.25, 0.3) is 0 Å². The number of amides is 1. The highest BCUT2D eigenvalue weighted by Gasteiger charge is 2.35. The number of nitrogens with zero attached hydrogens (tertiary/aromatic N) is 1. The Balaban J connectivity index is 2.14. The minimum absolute atomic E-state index is 0.148. The topological polar surface area (TPSA) is 29.5 Å². The van der Waals surface area contributed by atoms with E-state index in [2.05, 4.69) is 0 Å². The van der Waals surface area contributed by atoms with Crippen molar-refractivity contribution in [3.63, 3.8) is 0 Å². The molecule has 19 heavy (non-hydrogen) atoms. The summed E-state index contributed by atoms with van der Waals surface area (Å²) >= 11 is 0. The minimum atomic E-state index is -0.622. The molecule has 5 heteroatoms. The summed E-state index contributed by atoms with van der Waals surface area (Å²) in [5.74, 6) is -1.40. The summed E-state index contributed by atoms with van der Waals surface area (Å²) in [5.41, 5.74) is 0.324. The van der Waals surface area contributed by atoms with Crippen LogP contribution in [-0.4, -0.2) is 30.1 Å². The van der Waals surface area contributed by atoms with E-state index in [9.17, 15) is 13.6 Å². The average molecular weight is 269 g/mol. The third-order valence-corrected chi connectivity index (χ3v) is 3.33. The van der Waals surface area contributed by atoms with Gasteiger partial charge in [0.15, 0.2) is 0 Å². The molecule has 1 aromatic rings. The van der Waals surface area contributed by atoms with E-state index in [0.717, 1.165) is 18.9 Å². The first-order chi connectivity index (χ1) is 9.02. The maximum absolute atomic E-state index is 13.6. The fourth-order valence-electron chi connectivity index (χ4n) is 1.94. The lowest BCUT2D eigenvalue weighted by Crippen LogP contribution is -2.39. The quantitative estimate of drug-likeness (QED) is 0.822. The van der Waals surface area contributed by atoms with Crippen LogP contribution in [0.15, 0.2) is 18.2 Å². The van der Waals surface area contributed by atoms with Gasteiger partial charge in [-0.3, -0.25) is 4.79 Å². The molecule has 0 aliphatic heterocycles. The zero-order chi connectivity index (χ0) is 14.0. The SMILES string of the molecule is COC(C)C(=O)N(Cc1ccc(F)cc1F)C1CC1. The van der Waals surface area contributed by atoms with Gasteiger partial charge in [-0.05, 0) is 25.8 Å². The zero-order valence-electron chi connectivity index (χ0n) is 11.0. The van der Waals surface area contributed by atoms with Crippen molar-refractivity contribution in [3.05, 3.63) is 35.4 Å². The van der Waals surface area contributed by atoms with Crippen molar-refractivity contribution < 1.29 is 18.3 Å². The van der Waals surface area contributed by atoms with Crippen molar-refractivity contribution in [1.82, 2.24) is 4.90 Å². The molecule has 1 aromatic carbocycles. The second-order valence-corrected chi connectivity index (χ2v) is 4.81. The van der Waals surface area contributed by atoms with Crippen LogP contribution >= 0.6 is 0 Å². The Morgan fingerprint density at radius 3 is 2.68 bits per heavy atom. The van der Waals surface area contributed by atoms with Crippen LogP contribution in [0.4, 0.5) is 8.78 Å². The Bertz CT molecular complexity index is 475. The molecule has 0 N–H and O–H groups in total. The maximum atomic E-state index is 13.6. The largest absolute Gasteiger partial charge is 0.372 e. The molecule has 1 atom stereocenters. The van der Waals surface area contributed by atoms with Crippen LogP contribution in [0, 0.1) is 11.6 Å². The molecule has 3 nitrogen and oxygen atoms in total. The molecular formula is C14H17F2NO2. The molecule has 1 amide bonds. The molecular weight excluding hydrogens is 252 g/mol. The number of hydrogen-bond donors (Lipinski definition) is 0. The Morgan fingerprint density at radius 1 is 1.47 bits per heavy atom. The van der Waals surface area contributed by atoms with Gasteiger partial charge < -0.3 is 9.64 Å². The second kappa shape index (κ2) is 5.65. The van der Waals surface area contributed by atoms with Crippen LogP contribution in [0.2, 0.25) is 0 Å². The van der Waals surface area contributed by atoms with Crippen molar-refractivity contribution in [2.75, 3.05) is 7.11 Å². The molecule has 1 aliphatic carbocycles. The van der Waals surface area contributed by atoms with E-state index in [4.69, 9.17) is 4.74 Å². The van der Waals surface area contributed by atoms with Crippen molar-refractivity contribution in [3.8, 4) is 0 Å². The molecule has 0 aromatic heterocycles. The van der Waals surface area contributed by atoms with Crippen molar-refractivity contribution in [2.45, 2.75) is 38.5 Å². The molecule has 0 radical (unpaired) electrons. The average Bonchev–Trinajstić information content (AvgIpc) is 3.20. The van der Waals surface area contributed by atoms with E-state index in [1.807, 2.05) is 0 Å². The maximum Gasteiger partial charge on any atom is 0.251 e. The minimum Gasteiger partial charge on any atom is -0.372 e. The normalized spacial score (nSPS) is 16.2. The molecule has 0 bridgehead atoms. The summed E-state index contributed by atoms with van der Waals surface area (Å²) in [7, 11) is 1.46. The molecule has 0 saturated heterocycles. The first kappa shape index (κ1) is 13.9. The van der Waals surface area contributed by atoms with Crippen LogP contribution < -0.4 is 0 Å². The molecule has 2 rings (SSSR count). The number of rotatable bonds is 5. The monoisotopic (exact) mass is 269 g/mol. The van der Waals surface area contributed by atoms with Gasteiger partial charge in [-0.2, -0.15) is 0 Å². The van der Waals surface area contributed by atoms with Gasteiger partial charge in [-0.1, -0.05) is 6.07 Å². The number of methoxy groups -OCH3 is 1. The predicted molar refractivity (Wildman–Crippen MR) is 66.4 cm³/mol. The Labute approximate surface area is 111 Å². The molecule has 0 heterocycles. The van der Waals surface area contributed by atoms with E-state index >= 15 is 0 Å². The number of benzene rings is 1. The molecule has 1 saturated carbocycles. The third kappa shape index (κ3) is 3.29. The van der Waals surface area contributed by atoms with Crippen LogP contribution in [0.3, 0.4) is 0 Å². The van der Waals surface area contributed by atoms with Crippen molar-refractivity contribution in [1.29, 1.82) is 0 Å². The van der Waals surface area contributed by atoms with Gasteiger partial charge >= 0.3 is 0 Å². The highest BCUT2D eigenvalue weighted by molar-refractivity contribution is 5.81.